The van der Waals surface area contributed by atoms with E-state index in [0.29, 0.717) is 10.3 Å². The molecule has 0 saturated heterocycles. The molecule has 1 aromatic heterocycles. The van der Waals surface area contributed by atoms with E-state index in [1.54, 1.807) is 6.07 Å². The number of benzene rings is 1. The standard InChI is InChI=1S/C8H5FOS2/c9-6-1-4(11)2-7-5(6)3-8(10)12-7/h1-3,10-11H. The summed E-state index contributed by atoms with van der Waals surface area (Å²) in [5.74, 6) is -0.339. The van der Waals surface area contributed by atoms with Gasteiger partial charge in [0, 0.05) is 21.0 Å². The van der Waals surface area contributed by atoms with Crippen LogP contribution in [0, 0.1) is 5.82 Å². The molecule has 2 aromatic rings. The maximum Gasteiger partial charge on any atom is 0.172 e. The average molecular weight is 200 g/mol. The van der Waals surface area contributed by atoms with E-state index in [0.717, 1.165) is 16.0 Å². The van der Waals surface area contributed by atoms with Crippen molar-refractivity contribution in [3.8, 4) is 5.06 Å². The molecule has 0 bridgehead atoms. The van der Waals surface area contributed by atoms with Gasteiger partial charge in [0.1, 0.15) is 5.82 Å². The minimum atomic E-state index is -0.339. The number of fused-ring (bicyclic) bond motifs is 1. The minimum Gasteiger partial charge on any atom is -0.499 e. The highest BCUT2D eigenvalue weighted by molar-refractivity contribution is 7.80. The van der Waals surface area contributed by atoms with E-state index in [2.05, 4.69) is 12.6 Å². The van der Waals surface area contributed by atoms with Gasteiger partial charge in [0.2, 0.25) is 0 Å². The Morgan fingerprint density at radius 3 is 2.83 bits per heavy atom. The molecular weight excluding hydrogens is 195 g/mol. The zero-order valence-corrected chi connectivity index (χ0v) is 7.62. The molecule has 0 aliphatic rings. The van der Waals surface area contributed by atoms with Crippen LogP contribution in [0.25, 0.3) is 10.1 Å². The van der Waals surface area contributed by atoms with Crippen LogP contribution in [0.4, 0.5) is 4.39 Å². The lowest BCUT2D eigenvalue weighted by Gasteiger charge is -1.93. The normalized spacial score (nSPS) is 10.8. The molecular formula is C8H5FOS2. The summed E-state index contributed by atoms with van der Waals surface area (Å²) >= 11 is 5.17. The van der Waals surface area contributed by atoms with Crippen LogP contribution in [0.15, 0.2) is 23.1 Å². The van der Waals surface area contributed by atoms with Gasteiger partial charge in [-0.3, -0.25) is 0 Å². The van der Waals surface area contributed by atoms with Crippen molar-refractivity contribution in [3.63, 3.8) is 0 Å². The minimum absolute atomic E-state index is 0.128. The van der Waals surface area contributed by atoms with Crippen molar-refractivity contribution in [2.75, 3.05) is 0 Å². The summed E-state index contributed by atoms with van der Waals surface area (Å²) in [6.45, 7) is 0. The van der Waals surface area contributed by atoms with E-state index in [-0.39, 0.29) is 10.9 Å². The fourth-order valence-electron chi connectivity index (χ4n) is 1.07. The number of hydrogen-bond acceptors (Lipinski definition) is 3. The van der Waals surface area contributed by atoms with Gasteiger partial charge in [0.05, 0.1) is 0 Å². The number of halogens is 1. The molecule has 1 nitrogen and oxygen atoms in total. The highest BCUT2D eigenvalue weighted by Crippen LogP contribution is 2.33. The van der Waals surface area contributed by atoms with E-state index in [9.17, 15) is 4.39 Å². The number of rotatable bonds is 0. The molecule has 1 N–H and O–H groups in total. The van der Waals surface area contributed by atoms with E-state index in [4.69, 9.17) is 5.11 Å². The molecule has 0 unspecified atom stereocenters. The van der Waals surface area contributed by atoms with Crippen LogP contribution >= 0.6 is 24.0 Å². The predicted octanol–water partition coefficient (Wildman–Crippen LogP) is 3.03. The number of thiophene rings is 1. The van der Waals surface area contributed by atoms with Crippen molar-refractivity contribution >= 4 is 34.1 Å². The monoisotopic (exact) mass is 200 g/mol. The molecule has 12 heavy (non-hydrogen) atoms. The van der Waals surface area contributed by atoms with Gasteiger partial charge in [-0.1, -0.05) is 11.3 Å². The Morgan fingerprint density at radius 1 is 1.33 bits per heavy atom. The Bertz CT molecular complexity index is 436. The first-order valence-electron chi connectivity index (χ1n) is 3.28. The number of thiol groups is 1. The summed E-state index contributed by atoms with van der Waals surface area (Å²) in [5.41, 5.74) is 0. The van der Waals surface area contributed by atoms with Gasteiger partial charge in [-0.2, -0.15) is 0 Å². The topological polar surface area (TPSA) is 20.2 Å². The third-order valence-corrected chi connectivity index (χ3v) is 2.70. The summed E-state index contributed by atoms with van der Waals surface area (Å²) < 4.78 is 13.8. The molecule has 1 aromatic carbocycles. The lowest BCUT2D eigenvalue weighted by Crippen LogP contribution is -1.74. The molecule has 2 rings (SSSR count). The van der Waals surface area contributed by atoms with Crippen LogP contribution in [-0.4, -0.2) is 5.11 Å². The van der Waals surface area contributed by atoms with E-state index in [1.165, 1.54) is 12.1 Å². The summed E-state index contributed by atoms with van der Waals surface area (Å²) in [7, 11) is 0. The Balaban J connectivity index is 2.88. The van der Waals surface area contributed by atoms with Gasteiger partial charge in [-0.05, 0) is 12.1 Å². The predicted molar refractivity (Wildman–Crippen MR) is 50.7 cm³/mol. The highest BCUT2D eigenvalue weighted by Gasteiger charge is 2.05. The summed E-state index contributed by atoms with van der Waals surface area (Å²) in [6, 6.07) is 4.48. The van der Waals surface area contributed by atoms with Crippen molar-refractivity contribution < 1.29 is 9.50 Å². The Labute approximate surface area is 77.9 Å². The fourth-order valence-corrected chi connectivity index (χ4v) is 2.25. The molecule has 0 spiro atoms. The second-order valence-electron chi connectivity index (χ2n) is 2.42. The maximum absolute atomic E-state index is 13.1. The van der Waals surface area contributed by atoms with Crippen molar-refractivity contribution in [2.24, 2.45) is 0 Å². The van der Waals surface area contributed by atoms with Gasteiger partial charge in [0.25, 0.3) is 0 Å². The third kappa shape index (κ3) is 1.17. The number of hydrogen-bond donors (Lipinski definition) is 2. The van der Waals surface area contributed by atoms with E-state index < -0.39 is 0 Å². The summed E-state index contributed by atoms with van der Waals surface area (Å²) in [4.78, 5) is 0.571. The van der Waals surface area contributed by atoms with Gasteiger partial charge in [-0.15, -0.1) is 12.6 Å². The quantitative estimate of drug-likeness (QED) is 0.626. The van der Waals surface area contributed by atoms with E-state index in [1.807, 2.05) is 0 Å². The van der Waals surface area contributed by atoms with Gasteiger partial charge >= 0.3 is 0 Å². The average Bonchev–Trinajstić information content (AvgIpc) is 2.29. The zero-order valence-electron chi connectivity index (χ0n) is 5.91. The molecule has 0 aliphatic heterocycles. The maximum atomic E-state index is 13.1. The van der Waals surface area contributed by atoms with Crippen LogP contribution in [0.5, 0.6) is 5.06 Å². The second kappa shape index (κ2) is 2.64. The van der Waals surface area contributed by atoms with Gasteiger partial charge in [0.15, 0.2) is 5.06 Å². The molecule has 1 heterocycles. The van der Waals surface area contributed by atoms with Crippen molar-refractivity contribution in [1.29, 1.82) is 0 Å². The highest BCUT2D eigenvalue weighted by atomic mass is 32.1. The first-order valence-corrected chi connectivity index (χ1v) is 4.54. The molecule has 62 valence electrons. The molecule has 0 saturated carbocycles. The lowest BCUT2D eigenvalue weighted by molar-refractivity contribution is 0.491. The number of aromatic hydroxyl groups is 1. The van der Waals surface area contributed by atoms with Crippen LogP contribution in [0.3, 0.4) is 0 Å². The molecule has 4 heteroatoms. The summed E-state index contributed by atoms with van der Waals surface area (Å²) in [6.07, 6.45) is 0. The third-order valence-electron chi connectivity index (χ3n) is 1.56. The van der Waals surface area contributed by atoms with Crippen LogP contribution in [0.2, 0.25) is 0 Å². The molecule has 0 fully saturated rings. The largest absolute Gasteiger partial charge is 0.499 e. The molecule has 0 atom stereocenters. The zero-order chi connectivity index (χ0) is 8.72. The van der Waals surface area contributed by atoms with Gasteiger partial charge in [-0.25, -0.2) is 4.39 Å². The second-order valence-corrected chi connectivity index (χ2v) is 4.00. The first-order chi connectivity index (χ1) is 5.66. The SMILES string of the molecule is Oc1cc2c(F)cc(S)cc2s1. The first kappa shape index (κ1) is 7.89. The molecule has 0 aliphatic carbocycles. The Kier molecular flexibility index (Phi) is 1.73. The smallest absolute Gasteiger partial charge is 0.172 e. The van der Waals surface area contributed by atoms with Crippen molar-refractivity contribution in [3.05, 3.63) is 24.0 Å². The Hall–Kier alpha value is -0.740. The van der Waals surface area contributed by atoms with Crippen LogP contribution in [-0.2, 0) is 0 Å². The molecule has 0 radical (unpaired) electrons. The van der Waals surface area contributed by atoms with E-state index >= 15 is 0 Å². The Morgan fingerprint density at radius 2 is 2.08 bits per heavy atom. The lowest BCUT2D eigenvalue weighted by atomic mass is 10.2. The summed E-state index contributed by atoms with van der Waals surface area (Å²) in [5, 5.41) is 9.68. The fraction of sp³-hybridized carbons (Fsp3) is 0. The van der Waals surface area contributed by atoms with Crippen LogP contribution < -0.4 is 0 Å². The van der Waals surface area contributed by atoms with Gasteiger partial charge < -0.3 is 5.11 Å². The van der Waals surface area contributed by atoms with Crippen LogP contribution in [0.1, 0.15) is 0 Å². The van der Waals surface area contributed by atoms with Crippen molar-refractivity contribution in [2.45, 2.75) is 4.90 Å². The molecule has 0 amide bonds. The van der Waals surface area contributed by atoms with Crippen molar-refractivity contribution in [1.82, 2.24) is 0 Å².